The number of fused-ring (bicyclic) bond motifs is 1. The Labute approximate surface area is 158 Å². The quantitative estimate of drug-likeness (QED) is 0.459. The number of nitrogens with one attached hydrogen (secondary N) is 2. The topological polar surface area (TPSA) is 97.6 Å². The van der Waals surface area contributed by atoms with E-state index in [4.69, 9.17) is 5.73 Å². The van der Waals surface area contributed by atoms with E-state index < -0.39 is 6.29 Å². The second kappa shape index (κ2) is 6.69. The van der Waals surface area contributed by atoms with E-state index in [-0.39, 0.29) is 17.3 Å². The zero-order valence-electron chi connectivity index (χ0n) is 14.4. The van der Waals surface area contributed by atoms with Crippen LogP contribution in [-0.4, -0.2) is 22.1 Å². The van der Waals surface area contributed by atoms with E-state index in [0.717, 1.165) is 5.56 Å². The summed E-state index contributed by atoms with van der Waals surface area (Å²) in [6.07, 6.45) is 1.36. The lowest BCUT2D eigenvalue weighted by Crippen LogP contribution is -2.25. The molecule has 4 rings (SSSR count). The Morgan fingerprint density at radius 2 is 2.04 bits per heavy atom. The molecule has 3 aromatic rings. The van der Waals surface area contributed by atoms with Crippen LogP contribution in [0.4, 0.5) is 20.3 Å². The van der Waals surface area contributed by atoms with Crippen molar-refractivity contribution in [3.8, 4) is 11.5 Å². The van der Waals surface area contributed by atoms with E-state index in [1.165, 1.54) is 18.2 Å². The summed E-state index contributed by atoms with van der Waals surface area (Å²) in [6, 6.07) is 9.59. The van der Waals surface area contributed by atoms with Gasteiger partial charge in [-0.2, -0.15) is 0 Å². The molecule has 1 aromatic carbocycles. The Balaban J connectivity index is 1.56. The predicted octanol–water partition coefficient (Wildman–Crippen LogP) is 3.85. The summed E-state index contributed by atoms with van der Waals surface area (Å²) in [4.78, 5) is 11.4. The summed E-state index contributed by atoms with van der Waals surface area (Å²) in [5, 5.41) is 3.13. The molecule has 28 heavy (non-hydrogen) atoms. The van der Waals surface area contributed by atoms with Crippen molar-refractivity contribution in [3.05, 3.63) is 72.7 Å². The second-order valence-corrected chi connectivity index (χ2v) is 5.91. The fraction of sp³-hybridized carbons (Fsp3) is 0.0526. The van der Waals surface area contributed by atoms with E-state index in [1.807, 2.05) is 6.07 Å². The van der Waals surface area contributed by atoms with Crippen molar-refractivity contribution in [3.63, 3.8) is 0 Å². The molecule has 0 atom stereocenters. The monoisotopic (exact) mass is 383 g/mol. The number of anilines is 1. The van der Waals surface area contributed by atoms with Crippen molar-refractivity contribution < 1.29 is 18.3 Å². The maximum atomic E-state index is 13.1. The van der Waals surface area contributed by atoms with Crippen LogP contribution in [0.25, 0.3) is 5.70 Å². The number of benzene rings is 1. The van der Waals surface area contributed by atoms with Gasteiger partial charge in [-0.05, 0) is 30.3 Å². The van der Waals surface area contributed by atoms with Crippen LogP contribution in [0.1, 0.15) is 11.1 Å². The van der Waals surface area contributed by atoms with E-state index >= 15 is 0 Å². The third kappa shape index (κ3) is 3.50. The van der Waals surface area contributed by atoms with Gasteiger partial charge in [0.1, 0.15) is 11.7 Å². The summed E-state index contributed by atoms with van der Waals surface area (Å²) in [5.41, 5.74) is 8.48. The van der Waals surface area contributed by atoms with E-state index in [1.54, 1.807) is 30.7 Å². The molecule has 2 aromatic heterocycles. The first-order valence-corrected chi connectivity index (χ1v) is 8.19. The van der Waals surface area contributed by atoms with Gasteiger partial charge < -0.3 is 25.5 Å². The number of nitrogens with zero attached hydrogens (tertiary/aromatic N) is 2. The SMILES string of the molecule is C=C(Nc1[nH]ccc1C(N)=Nc1ccc2c(c1)OC(F)(F)O2)c1cccnc1. The average molecular weight is 383 g/mol. The van der Waals surface area contributed by atoms with Crippen molar-refractivity contribution in [1.29, 1.82) is 0 Å². The molecule has 0 saturated heterocycles. The number of amidine groups is 1. The molecule has 0 fully saturated rings. The molecule has 0 radical (unpaired) electrons. The van der Waals surface area contributed by atoms with Gasteiger partial charge >= 0.3 is 6.29 Å². The smallest absolute Gasteiger partial charge is 0.395 e. The van der Waals surface area contributed by atoms with Crippen molar-refractivity contribution >= 4 is 23.0 Å². The zero-order chi connectivity index (χ0) is 19.7. The number of rotatable bonds is 5. The summed E-state index contributed by atoms with van der Waals surface area (Å²) < 4.78 is 35.1. The molecule has 1 aliphatic heterocycles. The van der Waals surface area contributed by atoms with Crippen LogP contribution in [0.3, 0.4) is 0 Å². The Morgan fingerprint density at radius 1 is 1.21 bits per heavy atom. The van der Waals surface area contributed by atoms with Crippen LogP contribution in [0.5, 0.6) is 11.5 Å². The zero-order valence-corrected chi connectivity index (χ0v) is 14.4. The molecule has 142 valence electrons. The van der Waals surface area contributed by atoms with Gasteiger partial charge in [-0.15, -0.1) is 8.78 Å². The molecule has 3 heterocycles. The number of halogens is 2. The summed E-state index contributed by atoms with van der Waals surface area (Å²) in [5.74, 6) is 0.603. The minimum atomic E-state index is -3.68. The number of alkyl halides is 2. The lowest BCUT2D eigenvalue weighted by Gasteiger charge is -2.10. The van der Waals surface area contributed by atoms with Crippen LogP contribution in [0, 0.1) is 0 Å². The van der Waals surface area contributed by atoms with Gasteiger partial charge in [0, 0.05) is 35.9 Å². The first-order chi connectivity index (χ1) is 13.4. The highest BCUT2D eigenvalue weighted by molar-refractivity contribution is 6.04. The van der Waals surface area contributed by atoms with Gasteiger partial charge in [0.2, 0.25) is 0 Å². The number of ether oxygens (including phenoxy) is 2. The van der Waals surface area contributed by atoms with Gasteiger partial charge in [-0.3, -0.25) is 4.98 Å². The van der Waals surface area contributed by atoms with Crippen LogP contribution in [-0.2, 0) is 0 Å². The molecule has 0 bridgehead atoms. The number of aromatic amines is 1. The molecular formula is C19H15F2N5O2. The predicted molar refractivity (Wildman–Crippen MR) is 101 cm³/mol. The molecule has 7 nitrogen and oxygen atoms in total. The van der Waals surface area contributed by atoms with Crippen LogP contribution < -0.4 is 20.5 Å². The summed E-state index contributed by atoms with van der Waals surface area (Å²) >= 11 is 0. The number of hydrogen-bond acceptors (Lipinski definition) is 5. The highest BCUT2D eigenvalue weighted by Crippen LogP contribution is 2.42. The molecule has 4 N–H and O–H groups in total. The van der Waals surface area contributed by atoms with Crippen LogP contribution >= 0.6 is 0 Å². The second-order valence-electron chi connectivity index (χ2n) is 5.91. The summed E-state index contributed by atoms with van der Waals surface area (Å²) in [7, 11) is 0. The fourth-order valence-corrected chi connectivity index (χ4v) is 2.66. The molecule has 0 amide bonds. The Morgan fingerprint density at radius 3 is 2.82 bits per heavy atom. The minimum Gasteiger partial charge on any atom is -0.395 e. The number of aliphatic imine (C=N–C) groups is 1. The van der Waals surface area contributed by atoms with Gasteiger partial charge in [-0.25, -0.2) is 4.99 Å². The van der Waals surface area contributed by atoms with E-state index in [9.17, 15) is 8.78 Å². The Kier molecular flexibility index (Phi) is 4.19. The number of hydrogen-bond donors (Lipinski definition) is 3. The molecule has 9 heteroatoms. The lowest BCUT2D eigenvalue weighted by atomic mass is 10.2. The molecule has 0 aliphatic carbocycles. The minimum absolute atomic E-state index is 0.0562. The van der Waals surface area contributed by atoms with Crippen molar-refractivity contribution in [1.82, 2.24) is 9.97 Å². The van der Waals surface area contributed by atoms with Gasteiger partial charge in [0.25, 0.3) is 0 Å². The first kappa shape index (κ1) is 17.5. The normalized spacial score (nSPS) is 14.7. The highest BCUT2D eigenvalue weighted by atomic mass is 19.3. The first-order valence-electron chi connectivity index (χ1n) is 8.19. The van der Waals surface area contributed by atoms with E-state index in [2.05, 4.69) is 36.3 Å². The van der Waals surface area contributed by atoms with Crippen molar-refractivity contribution in [2.24, 2.45) is 10.7 Å². The van der Waals surface area contributed by atoms with Crippen molar-refractivity contribution in [2.75, 3.05) is 5.32 Å². The molecular weight excluding hydrogens is 368 g/mol. The summed E-state index contributed by atoms with van der Waals surface area (Å²) in [6.45, 7) is 3.98. The Hall–Kier alpha value is -3.88. The molecule has 0 unspecified atom stereocenters. The van der Waals surface area contributed by atoms with Crippen molar-refractivity contribution in [2.45, 2.75) is 6.29 Å². The van der Waals surface area contributed by atoms with Gasteiger partial charge in [0.05, 0.1) is 11.3 Å². The van der Waals surface area contributed by atoms with E-state index in [0.29, 0.717) is 22.8 Å². The lowest BCUT2D eigenvalue weighted by molar-refractivity contribution is -0.286. The number of H-pyrrole nitrogens is 1. The number of pyridine rings is 1. The molecule has 1 aliphatic rings. The Bertz CT molecular complexity index is 1060. The third-order valence-electron chi connectivity index (χ3n) is 3.94. The maximum Gasteiger partial charge on any atom is 0.586 e. The number of nitrogens with two attached hydrogens (primary N) is 1. The molecule has 0 spiro atoms. The van der Waals surface area contributed by atoms with Crippen LogP contribution in [0.15, 0.2) is 66.6 Å². The molecule has 0 saturated carbocycles. The van der Waals surface area contributed by atoms with Gasteiger partial charge in [-0.1, -0.05) is 6.58 Å². The number of aromatic nitrogens is 2. The fourth-order valence-electron chi connectivity index (χ4n) is 2.66. The third-order valence-corrected chi connectivity index (χ3v) is 3.94. The maximum absolute atomic E-state index is 13.1. The average Bonchev–Trinajstić information content (AvgIpc) is 3.24. The largest absolute Gasteiger partial charge is 0.586 e. The van der Waals surface area contributed by atoms with Gasteiger partial charge in [0.15, 0.2) is 11.5 Å². The standard InChI is InChI=1S/C19H15F2N5O2/c1-11(12-3-2-7-23-10-12)25-18-14(6-8-24-18)17(22)26-13-4-5-15-16(9-13)28-19(20,21)27-15/h2-10,24-25H,1H2,(H2,22,26). The van der Waals surface area contributed by atoms with Crippen LogP contribution in [0.2, 0.25) is 0 Å². The highest BCUT2D eigenvalue weighted by Gasteiger charge is 2.43.